The third-order valence-corrected chi connectivity index (χ3v) is 4.97. The van der Waals surface area contributed by atoms with Crippen LogP contribution in [0.1, 0.15) is 11.5 Å². The number of aromatic nitrogens is 2. The van der Waals surface area contributed by atoms with Gasteiger partial charge < -0.3 is 19.3 Å². The Morgan fingerprint density at radius 2 is 1.97 bits per heavy atom. The first-order chi connectivity index (χ1) is 14.1. The van der Waals surface area contributed by atoms with E-state index < -0.39 is 0 Å². The van der Waals surface area contributed by atoms with Gasteiger partial charge in [-0.05, 0) is 29.8 Å². The lowest BCUT2D eigenvalue weighted by Crippen LogP contribution is -2.24. The Hall–Kier alpha value is -3.07. The minimum Gasteiger partial charge on any atom is -0.497 e. The Morgan fingerprint density at radius 1 is 1.17 bits per heavy atom. The molecule has 0 saturated heterocycles. The molecule has 7 nitrogen and oxygen atoms in total. The van der Waals surface area contributed by atoms with Crippen molar-refractivity contribution in [3.8, 4) is 22.9 Å². The van der Waals surface area contributed by atoms with E-state index in [0.29, 0.717) is 28.6 Å². The van der Waals surface area contributed by atoms with Crippen molar-refractivity contribution in [3.05, 3.63) is 59.7 Å². The van der Waals surface area contributed by atoms with E-state index in [1.807, 2.05) is 0 Å². The molecule has 9 heteroatoms. The molecule has 0 saturated carbocycles. The first kappa shape index (κ1) is 20.7. The second-order valence-corrected chi connectivity index (χ2v) is 6.96. The summed E-state index contributed by atoms with van der Waals surface area (Å²) in [7, 11) is 3.12. The lowest BCUT2D eigenvalue weighted by Gasteiger charge is -2.07. The summed E-state index contributed by atoms with van der Waals surface area (Å²) in [6.45, 7) is 0.126. The van der Waals surface area contributed by atoms with E-state index in [1.54, 1.807) is 44.6 Å². The normalized spacial score (nSPS) is 10.6. The van der Waals surface area contributed by atoms with Gasteiger partial charge in [-0.15, -0.1) is 11.8 Å². The first-order valence-electron chi connectivity index (χ1n) is 8.73. The van der Waals surface area contributed by atoms with Gasteiger partial charge in [-0.25, -0.2) is 4.39 Å². The summed E-state index contributed by atoms with van der Waals surface area (Å²) >= 11 is 1.44. The predicted molar refractivity (Wildman–Crippen MR) is 107 cm³/mol. The molecule has 0 spiro atoms. The summed E-state index contributed by atoms with van der Waals surface area (Å²) in [6.07, 6.45) is 0. The molecule has 3 aromatic rings. The smallest absolute Gasteiger partial charge is 0.246 e. The monoisotopic (exact) mass is 417 g/mol. The van der Waals surface area contributed by atoms with Crippen LogP contribution in [0.4, 0.5) is 4.39 Å². The zero-order valence-electron chi connectivity index (χ0n) is 16.0. The number of halogens is 1. The molecular weight excluding hydrogens is 397 g/mol. The highest BCUT2D eigenvalue weighted by Gasteiger charge is 2.15. The van der Waals surface area contributed by atoms with Crippen molar-refractivity contribution in [1.82, 2.24) is 15.5 Å². The van der Waals surface area contributed by atoms with E-state index in [0.717, 1.165) is 5.56 Å². The van der Waals surface area contributed by atoms with Gasteiger partial charge >= 0.3 is 0 Å². The highest BCUT2D eigenvalue weighted by atomic mass is 32.2. The van der Waals surface area contributed by atoms with Crippen molar-refractivity contribution in [1.29, 1.82) is 0 Å². The number of ether oxygens (including phenoxy) is 2. The van der Waals surface area contributed by atoms with Crippen LogP contribution in [0, 0.1) is 5.82 Å². The molecule has 0 unspecified atom stereocenters. The average Bonchev–Trinajstić information content (AvgIpc) is 3.22. The van der Waals surface area contributed by atoms with E-state index >= 15 is 0 Å². The van der Waals surface area contributed by atoms with Crippen LogP contribution in [0.2, 0.25) is 0 Å². The van der Waals surface area contributed by atoms with Crippen LogP contribution < -0.4 is 14.8 Å². The molecule has 1 N–H and O–H groups in total. The zero-order chi connectivity index (χ0) is 20.6. The minimum absolute atomic E-state index is 0.126. The number of benzene rings is 2. The molecule has 0 aliphatic carbocycles. The van der Waals surface area contributed by atoms with Gasteiger partial charge in [0, 0.05) is 11.8 Å². The van der Waals surface area contributed by atoms with Crippen LogP contribution in [-0.4, -0.2) is 36.0 Å². The lowest BCUT2D eigenvalue weighted by molar-refractivity contribution is -0.118. The summed E-state index contributed by atoms with van der Waals surface area (Å²) in [5, 5.41) is 6.68. The molecule has 0 aliphatic heterocycles. The van der Waals surface area contributed by atoms with E-state index in [-0.39, 0.29) is 29.9 Å². The van der Waals surface area contributed by atoms with E-state index in [1.165, 1.54) is 23.9 Å². The van der Waals surface area contributed by atoms with Gasteiger partial charge in [-0.2, -0.15) is 4.98 Å². The Bertz CT molecular complexity index is 963. The van der Waals surface area contributed by atoms with E-state index in [4.69, 9.17) is 14.0 Å². The van der Waals surface area contributed by atoms with Gasteiger partial charge in [-0.1, -0.05) is 17.3 Å². The molecule has 152 valence electrons. The van der Waals surface area contributed by atoms with Gasteiger partial charge in [0.15, 0.2) is 0 Å². The highest BCUT2D eigenvalue weighted by molar-refractivity contribution is 7.99. The van der Waals surface area contributed by atoms with E-state index in [2.05, 4.69) is 15.5 Å². The van der Waals surface area contributed by atoms with Crippen molar-refractivity contribution in [3.63, 3.8) is 0 Å². The molecule has 0 atom stereocenters. The summed E-state index contributed by atoms with van der Waals surface area (Å²) in [4.78, 5) is 16.3. The first-order valence-corrected chi connectivity index (χ1v) is 9.88. The minimum atomic E-state index is -0.275. The Balaban J connectivity index is 1.50. The Labute approximate surface area is 171 Å². The SMILES string of the molecule is COc1ccc(-c2noc(CNC(=O)CSCc3ccc(F)cc3)n2)c(OC)c1. The van der Waals surface area contributed by atoms with Crippen molar-refractivity contribution >= 4 is 17.7 Å². The number of amides is 1. The fourth-order valence-electron chi connectivity index (χ4n) is 2.49. The molecule has 1 heterocycles. The fraction of sp³-hybridized carbons (Fsp3) is 0.250. The molecule has 0 fully saturated rings. The molecular formula is C20H20FN3O4S. The third-order valence-electron chi connectivity index (χ3n) is 3.97. The van der Waals surface area contributed by atoms with Gasteiger partial charge in [0.25, 0.3) is 0 Å². The van der Waals surface area contributed by atoms with Crippen molar-refractivity contribution < 1.29 is 23.2 Å². The summed E-state index contributed by atoms with van der Waals surface area (Å²) in [6, 6.07) is 11.5. The molecule has 29 heavy (non-hydrogen) atoms. The molecule has 2 aromatic carbocycles. The highest BCUT2D eigenvalue weighted by Crippen LogP contribution is 2.31. The maximum absolute atomic E-state index is 12.9. The second-order valence-electron chi connectivity index (χ2n) is 5.97. The number of hydrogen-bond acceptors (Lipinski definition) is 7. The number of thioether (sulfide) groups is 1. The van der Waals surface area contributed by atoms with Crippen LogP contribution in [0.5, 0.6) is 11.5 Å². The van der Waals surface area contributed by atoms with Crippen LogP contribution in [0.25, 0.3) is 11.4 Å². The van der Waals surface area contributed by atoms with Crippen LogP contribution in [-0.2, 0) is 17.1 Å². The molecule has 0 aliphatic rings. The second kappa shape index (κ2) is 9.92. The number of nitrogens with one attached hydrogen (secondary N) is 1. The summed E-state index contributed by atoms with van der Waals surface area (Å²) in [5.74, 6) is 2.31. The predicted octanol–water partition coefficient (Wildman–Crippen LogP) is 3.44. The molecule has 0 radical (unpaired) electrons. The Kier molecular flexibility index (Phi) is 7.07. The number of hydrogen-bond donors (Lipinski definition) is 1. The zero-order valence-corrected chi connectivity index (χ0v) is 16.8. The number of methoxy groups -OCH3 is 2. The van der Waals surface area contributed by atoms with Gasteiger partial charge in [0.05, 0.1) is 32.1 Å². The number of carbonyl (C=O) groups is 1. The topological polar surface area (TPSA) is 86.5 Å². The average molecular weight is 417 g/mol. The number of nitrogens with zero attached hydrogens (tertiary/aromatic N) is 2. The summed E-state index contributed by atoms with van der Waals surface area (Å²) in [5.41, 5.74) is 1.61. The maximum atomic E-state index is 12.9. The number of rotatable bonds is 9. The molecule has 0 bridgehead atoms. The van der Waals surface area contributed by atoms with Crippen molar-refractivity contribution in [2.75, 3.05) is 20.0 Å². The number of carbonyl (C=O) groups excluding carboxylic acids is 1. The molecule has 1 amide bonds. The lowest BCUT2D eigenvalue weighted by atomic mass is 10.2. The summed E-state index contributed by atoms with van der Waals surface area (Å²) < 4.78 is 28.6. The van der Waals surface area contributed by atoms with Crippen LogP contribution in [0.15, 0.2) is 47.0 Å². The maximum Gasteiger partial charge on any atom is 0.246 e. The van der Waals surface area contributed by atoms with Crippen LogP contribution in [0.3, 0.4) is 0 Å². The standard InChI is InChI=1S/C20H20FN3O4S/c1-26-15-7-8-16(17(9-15)27-2)20-23-19(28-24-20)10-22-18(25)12-29-11-13-3-5-14(21)6-4-13/h3-9H,10-12H2,1-2H3,(H,22,25). The third kappa shape index (κ3) is 5.71. The van der Waals surface area contributed by atoms with Gasteiger partial charge in [0.1, 0.15) is 17.3 Å². The fourth-order valence-corrected chi connectivity index (χ4v) is 3.30. The van der Waals surface area contributed by atoms with Gasteiger partial charge in [-0.3, -0.25) is 4.79 Å². The van der Waals surface area contributed by atoms with Gasteiger partial charge in [0.2, 0.25) is 17.6 Å². The molecule has 3 rings (SSSR count). The largest absolute Gasteiger partial charge is 0.497 e. The van der Waals surface area contributed by atoms with Crippen molar-refractivity contribution in [2.45, 2.75) is 12.3 Å². The quantitative estimate of drug-likeness (QED) is 0.571. The molecule has 1 aromatic heterocycles. The van der Waals surface area contributed by atoms with E-state index in [9.17, 15) is 9.18 Å². The van der Waals surface area contributed by atoms with Crippen molar-refractivity contribution in [2.24, 2.45) is 0 Å². The van der Waals surface area contributed by atoms with Crippen LogP contribution >= 0.6 is 11.8 Å². The Morgan fingerprint density at radius 3 is 2.69 bits per heavy atom.